The zero-order valence-corrected chi connectivity index (χ0v) is 42.4. The van der Waals surface area contributed by atoms with Crippen LogP contribution < -0.4 is 17.2 Å². The molecule has 2 aromatic heterocycles. The number of nitrogens with zero attached hydrogens (tertiary/aromatic N) is 1. The average molecular weight is 923 g/mol. The Morgan fingerprint density at radius 1 is 0.594 bits per heavy atom. The fourth-order valence-corrected chi connectivity index (χ4v) is 8.80. The minimum Gasteiger partial charge on any atom is -0.396 e. The van der Waals surface area contributed by atoms with Crippen LogP contribution in [0, 0.1) is 0 Å². The van der Waals surface area contributed by atoms with E-state index in [0.717, 1.165) is 54.6 Å². The van der Waals surface area contributed by atoms with Crippen LogP contribution in [0.1, 0.15) is 124 Å². The van der Waals surface area contributed by atoms with Gasteiger partial charge >= 0.3 is 0 Å². The molecule has 1 aliphatic carbocycles. The van der Waals surface area contributed by atoms with Crippen molar-refractivity contribution >= 4 is 57.8 Å². The van der Waals surface area contributed by atoms with E-state index in [2.05, 4.69) is 23.1 Å². The van der Waals surface area contributed by atoms with Gasteiger partial charge in [0.05, 0.1) is 17.1 Å². The van der Waals surface area contributed by atoms with Crippen LogP contribution in [-0.2, 0) is 18.8 Å². The number of hydrogen-bond acceptors (Lipinski definition) is 7. The highest BCUT2D eigenvalue weighted by Crippen LogP contribution is 2.53. The van der Waals surface area contributed by atoms with Gasteiger partial charge in [0.15, 0.2) is 0 Å². The number of benzene rings is 4. The first-order valence-corrected chi connectivity index (χ1v) is 24.7. The molecule has 2 heterocycles. The summed E-state index contributed by atoms with van der Waals surface area (Å²) >= 11 is 8.27. The zero-order chi connectivity index (χ0) is 48.2. The summed E-state index contributed by atoms with van der Waals surface area (Å²) in [4.78, 5) is 3.60. The number of nitrogens with two attached hydrogens (primary N) is 3. The SMILES string of the molecule is C=CC.CC.CC.CC.CC.CC.Nc1c(N)c(-c2ccc(-c3ccc(C(F)Cc4ccccc4)cc3)s2)c(N=S)c(N)c1-c1ccc(-c2ccc(C(F)CC3=CCCC=C3)cc2)s1. The third kappa shape index (κ3) is 15.5. The van der Waals surface area contributed by atoms with Crippen molar-refractivity contribution in [1.82, 2.24) is 0 Å². The Morgan fingerprint density at radius 2 is 1.02 bits per heavy atom. The average Bonchev–Trinajstić information content (AvgIpc) is 4.06. The molecule has 1 aliphatic rings. The molecule has 0 fully saturated rings. The summed E-state index contributed by atoms with van der Waals surface area (Å²) in [6.45, 7) is 25.2. The van der Waals surface area contributed by atoms with E-state index in [-0.39, 0.29) is 0 Å². The number of rotatable bonds is 11. The summed E-state index contributed by atoms with van der Waals surface area (Å²) in [5.74, 6) is 0. The lowest BCUT2D eigenvalue weighted by Gasteiger charge is -2.17. The largest absolute Gasteiger partial charge is 0.396 e. The van der Waals surface area contributed by atoms with Crippen LogP contribution in [0.4, 0.5) is 31.5 Å². The summed E-state index contributed by atoms with van der Waals surface area (Å²) in [6.07, 6.45) is 8.51. The van der Waals surface area contributed by atoms with Gasteiger partial charge in [-0.05, 0) is 77.4 Å². The van der Waals surface area contributed by atoms with Gasteiger partial charge in [-0.3, -0.25) is 0 Å². The van der Waals surface area contributed by atoms with Crippen molar-refractivity contribution in [2.24, 2.45) is 4.36 Å². The van der Waals surface area contributed by atoms with Crippen molar-refractivity contribution in [3.8, 4) is 41.8 Å². The molecular weight excluding hydrogens is 851 g/mol. The van der Waals surface area contributed by atoms with E-state index in [4.69, 9.17) is 29.6 Å². The van der Waals surface area contributed by atoms with Crippen LogP contribution in [0.5, 0.6) is 0 Å². The second kappa shape index (κ2) is 31.6. The Morgan fingerprint density at radius 3 is 1.45 bits per heavy atom. The molecule has 0 aliphatic heterocycles. The molecule has 9 heteroatoms. The van der Waals surface area contributed by atoms with Crippen LogP contribution in [0.25, 0.3) is 41.8 Å². The van der Waals surface area contributed by atoms with Gasteiger partial charge in [0.25, 0.3) is 0 Å². The second-order valence-corrected chi connectivity index (χ2v) is 15.3. The summed E-state index contributed by atoms with van der Waals surface area (Å²) in [6, 6.07) is 32.7. The standard InChI is InChI=1S/C42H36F2N4S3.C3H6.5C2H6/c43-31(23-25-7-3-1-4-8-25)27-11-15-29(16-12-27)33-19-21-35(50-33)37-39(45)40(46)38(42(48-49)41(37)47)36-22-20-34(51-36)30-17-13-28(14-18-30)32(44)24-26-9-5-2-6-10-26;1-3-2;5*1-2/h2-3,5-22,31-32H,1,4,23-24,45-47H2;3H,1H2,2H3;5*1-2H3. The number of alkyl halides is 2. The van der Waals surface area contributed by atoms with Crippen LogP contribution in [-0.4, -0.2) is 0 Å². The van der Waals surface area contributed by atoms with E-state index >= 15 is 8.78 Å². The van der Waals surface area contributed by atoms with Gasteiger partial charge in [-0.2, -0.15) is 4.36 Å². The minimum absolute atomic E-state index is 0.326. The number of thiophene rings is 2. The van der Waals surface area contributed by atoms with Crippen molar-refractivity contribution in [2.45, 2.75) is 114 Å². The highest BCUT2D eigenvalue weighted by atomic mass is 32.1. The van der Waals surface area contributed by atoms with Gasteiger partial charge in [0.2, 0.25) is 0 Å². The first-order chi connectivity index (χ1) is 31.2. The number of allylic oxidation sites excluding steroid dienone is 5. The molecule has 0 radical (unpaired) electrons. The molecule has 2 atom stereocenters. The molecule has 7 rings (SSSR count). The maximum absolute atomic E-state index is 15.1. The predicted octanol–water partition coefficient (Wildman–Crippen LogP) is 18.8. The van der Waals surface area contributed by atoms with Gasteiger partial charge in [-0.1, -0.05) is 172 Å². The molecule has 0 amide bonds. The van der Waals surface area contributed by atoms with E-state index < -0.39 is 12.3 Å². The summed E-state index contributed by atoms with van der Waals surface area (Å²) in [5, 5.41) is 0. The minimum atomic E-state index is -1.10. The van der Waals surface area contributed by atoms with E-state index in [1.54, 1.807) is 6.08 Å². The Kier molecular flexibility index (Phi) is 28.0. The molecule has 344 valence electrons. The Balaban J connectivity index is 0.00000144. The molecule has 0 saturated heterocycles. The highest BCUT2D eigenvalue weighted by molar-refractivity contribution is 7.47. The molecule has 64 heavy (non-hydrogen) atoms. The lowest BCUT2D eigenvalue weighted by Crippen LogP contribution is -2.03. The van der Waals surface area contributed by atoms with E-state index in [1.165, 1.54) is 22.7 Å². The topological polar surface area (TPSA) is 90.4 Å². The molecule has 6 aromatic rings. The highest BCUT2D eigenvalue weighted by Gasteiger charge is 2.24. The second-order valence-electron chi connectivity index (χ2n) is 13.0. The van der Waals surface area contributed by atoms with Crippen LogP contribution in [0.2, 0.25) is 0 Å². The summed E-state index contributed by atoms with van der Waals surface area (Å²) < 4.78 is 34.3. The fourth-order valence-electron chi connectivity index (χ4n) is 6.45. The van der Waals surface area contributed by atoms with Crippen LogP contribution in [0.3, 0.4) is 0 Å². The molecule has 0 bridgehead atoms. The quantitative estimate of drug-likeness (QED) is 0.0892. The molecule has 2 unspecified atom stereocenters. The van der Waals surface area contributed by atoms with E-state index in [9.17, 15) is 0 Å². The Labute approximate surface area is 398 Å². The smallest absolute Gasteiger partial charge is 0.129 e. The van der Waals surface area contributed by atoms with Gasteiger partial charge in [0.1, 0.15) is 18.0 Å². The third-order valence-electron chi connectivity index (χ3n) is 9.24. The van der Waals surface area contributed by atoms with Crippen LogP contribution in [0.15, 0.2) is 144 Å². The Bertz CT molecular complexity index is 2290. The summed E-state index contributed by atoms with van der Waals surface area (Å²) in [5.41, 5.74) is 28.1. The van der Waals surface area contributed by atoms with Gasteiger partial charge in [0, 0.05) is 55.9 Å². The first kappa shape index (κ1) is 56.8. The van der Waals surface area contributed by atoms with Gasteiger partial charge in [-0.15, -0.1) is 29.3 Å². The van der Waals surface area contributed by atoms with Crippen molar-refractivity contribution in [3.63, 3.8) is 0 Å². The maximum Gasteiger partial charge on any atom is 0.129 e. The van der Waals surface area contributed by atoms with E-state index in [0.29, 0.717) is 57.8 Å². The van der Waals surface area contributed by atoms with E-state index in [1.807, 2.05) is 185 Å². The fraction of sp³-hybridized carbons (Fsp3) is 0.309. The van der Waals surface area contributed by atoms with Crippen molar-refractivity contribution in [2.75, 3.05) is 17.2 Å². The molecule has 6 N–H and O–H groups in total. The van der Waals surface area contributed by atoms with Gasteiger partial charge in [-0.25, -0.2) is 8.78 Å². The molecular formula is C55H72F2N4S3. The number of halogens is 2. The number of nitrogen functional groups attached to an aromatic ring is 3. The normalized spacial score (nSPS) is 11.7. The monoisotopic (exact) mass is 922 g/mol. The van der Waals surface area contributed by atoms with Crippen molar-refractivity contribution < 1.29 is 8.78 Å². The van der Waals surface area contributed by atoms with Crippen molar-refractivity contribution in [3.05, 3.63) is 156 Å². The van der Waals surface area contributed by atoms with Crippen LogP contribution >= 0.6 is 22.7 Å². The molecule has 4 nitrogen and oxygen atoms in total. The molecule has 4 aromatic carbocycles. The zero-order valence-electron chi connectivity index (χ0n) is 40.0. The van der Waals surface area contributed by atoms with Crippen molar-refractivity contribution in [1.29, 1.82) is 0 Å². The first-order valence-electron chi connectivity index (χ1n) is 22.7. The lowest BCUT2D eigenvalue weighted by atomic mass is 9.97. The number of hydrogen-bond donors (Lipinski definition) is 3. The third-order valence-corrected chi connectivity index (χ3v) is 11.7. The van der Waals surface area contributed by atoms with Gasteiger partial charge < -0.3 is 17.2 Å². The predicted molar refractivity (Wildman–Crippen MR) is 288 cm³/mol. The number of anilines is 3. The Hall–Kier alpha value is -5.22. The molecule has 0 spiro atoms. The summed E-state index contributed by atoms with van der Waals surface area (Å²) in [7, 11) is 0. The maximum atomic E-state index is 15.1. The lowest BCUT2D eigenvalue weighted by molar-refractivity contribution is 0.342. The molecule has 0 saturated carbocycles.